The molecular weight excluding hydrogens is 155 g/mol. The van der Waals surface area contributed by atoms with E-state index in [1.54, 1.807) is 0 Å². The van der Waals surface area contributed by atoms with Crippen molar-refractivity contribution >= 4 is 16.8 Å². The largest absolute Gasteiger partial charge is 0.278 e. The van der Waals surface area contributed by atoms with Crippen molar-refractivity contribution in [1.82, 2.24) is 0 Å². The lowest BCUT2D eigenvalue weighted by molar-refractivity contribution is -0.124. The second-order valence-corrected chi connectivity index (χ2v) is 3.14. The smallest absolute Gasteiger partial charge is 0.258 e. The predicted octanol–water partition coefficient (Wildman–Crippen LogP) is 2.42. The van der Waals surface area contributed by atoms with Crippen LogP contribution in [0.5, 0.6) is 0 Å². The maximum absolute atomic E-state index is 13.2. The van der Waals surface area contributed by atoms with Crippen molar-refractivity contribution in [3.8, 4) is 0 Å². The lowest BCUT2D eigenvalue weighted by atomic mass is 9.87. The van der Waals surface area contributed by atoms with Crippen LogP contribution in [0.15, 0.2) is 0 Å². The number of halogens is 2. The molecule has 1 aliphatic carbocycles. The maximum Gasteiger partial charge on any atom is 0.258 e. The molecule has 58 valence electrons. The van der Waals surface area contributed by atoms with Gasteiger partial charge in [0.2, 0.25) is 0 Å². The van der Waals surface area contributed by atoms with Gasteiger partial charge >= 0.3 is 0 Å². The highest BCUT2D eigenvalue weighted by Gasteiger charge is 2.38. The van der Waals surface area contributed by atoms with Gasteiger partial charge in [0, 0.05) is 0 Å². The average molecular weight is 165 g/mol. The van der Waals surface area contributed by atoms with Crippen molar-refractivity contribution in [3.05, 3.63) is 0 Å². The monoisotopic (exact) mass is 164 g/mol. The van der Waals surface area contributed by atoms with E-state index in [1.807, 2.05) is 0 Å². The Morgan fingerprint density at radius 3 is 2.10 bits per heavy atom. The van der Waals surface area contributed by atoms with E-state index in [4.69, 9.17) is 11.6 Å². The highest BCUT2D eigenvalue weighted by atomic mass is 35.5. The molecule has 1 rings (SSSR count). The van der Waals surface area contributed by atoms with Gasteiger partial charge in [0.25, 0.3) is 5.24 Å². The summed E-state index contributed by atoms with van der Waals surface area (Å²) < 4.78 is 13.2. The molecule has 0 aromatic rings. The van der Waals surface area contributed by atoms with Crippen LogP contribution in [0, 0.1) is 0 Å². The summed E-state index contributed by atoms with van der Waals surface area (Å²) in [6.07, 6.45) is 3.23. The van der Waals surface area contributed by atoms with Crippen molar-refractivity contribution in [1.29, 1.82) is 0 Å². The van der Waals surface area contributed by atoms with E-state index in [0.29, 0.717) is 12.8 Å². The third kappa shape index (κ3) is 1.48. The molecule has 0 aliphatic heterocycles. The first-order chi connectivity index (χ1) is 4.65. The summed E-state index contributed by atoms with van der Waals surface area (Å²) >= 11 is 5.08. The molecule has 3 heteroatoms. The van der Waals surface area contributed by atoms with E-state index >= 15 is 0 Å². The van der Waals surface area contributed by atoms with Crippen LogP contribution in [0.4, 0.5) is 4.39 Å². The van der Waals surface area contributed by atoms with Crippen molar-refractivity contribution in [2.45, 2.75) is 37.8 Å². The van der Waals surface area contributed by atoms with Crippen LogP contribution in [0.25, 0.3) is 0 Å². The number of rotatable bonds is 1. The van der Waals surface area contributed by atoms with Crippen molar-refractivity contribution in [3.63, 3.8) is 0 Å². The normalized spacial score (nSPS) is 24.2. The second-order valence-electron chi connectivity index (χ2n) is 2.80. The highest BCUT2D eigenvalue weighted by Crippen LogP contribution is 2.33. The molecule has 0 spiro atoms. The lowest BCUT2D eigenvalue weighted by Gasteiger charge is -2.24. The molecule has 0 N–H and O–H groups in total. The minimum Gasteiger partial charge on any atom is -0.278 e. The zero-order valence-electron chi connectivity index (χ0n) is 5.70. The van der Waals surface area contributed by atoms with Gasteiger partial charge in [0.15, 0.2) is 5.67 Å². The van der Waals surface area contributed by atoms with Crippen LogP contribution in [0.3, 0.4) is 0 Å². The summed E-state index contributed by atoms with van der Waals surface area (Å²) in [5.41, 5.74) is -1.69. The zero-order valence-corrected chi connectivity index (χ0v) is 6.46. The molecule has 1 fully saturated rings. The third-order valence-corrected chi connectivity index (χ3v) is 2.34. The topological polar surface area (TPSA) is 17.1 Å². The quantitative estimate of drug-likeness (QED) is 0.544. The summed E-state index contributed by atoms with van der Waals surface area (Å²) in [5.74, 6) is 0. The van der Waals surface area contributed by atoms with Gasteiger partial charge in [0.05, 0.1) is 0 Å². The van der Waals surface area contributed by atoms with Crippen LogP contribution >= 0.6 is 11.6 Å². The summed E-state index contributed by atoms with van der Waals surface area (Å²) in [7, 11) is 0. The average Bonchev–Trinajstić information content (AvgIpc) is 1.89. The van der Waals surface area contributed by atoms with Gasteiger partial charge in [-0.3, -0.25) is 4.79 Å². The van der Waals surface area contributed by atoms with Gasteiger partial charge < -0.3 is 0 Å². The Kier molecular flexibility index (Phi) is 2.29. The molecule has 0 unspecified atom stereocenters. The Labute approximate surface area is 64.6 Å². The molecule has 0 amide bonds. The molecule has 1 nitrogen and oxygen atoms in total. The first-order valence-electron chi connectivity index (χ1n) is 3.54. The standard InChI is InChI=1S/C7H10ClFO/c8-6(10)7(9)4-2-1-3-5-7/h1-5H2. The van der Waals surface area contributed by atoms with E-state index in [9.17, 15) is 9.18 Å². The van der Waals surface area contributed by atoms with Gasteiger partial charge in [-0.05, 0) is 37.3 Å². The van der Waals surface area contributed by atoms with E-state index in [0.717, 1.165) is 19.3 Å². The molecule has 1 aliphatic rings. The number of hydrogen-bond donors (Lipinski definition) is 0. The Bertz CT molecular complexity index is 141. The molecule has 10 heavy (non-hydrogen) atoms. The lowest BCUT2D eigenvalue weighted by Crippen LogP contribution is -2.32. The SMILES string of the molecule is O=C(Cl)C1(F)CCCCC1. The zero-order chi connectivity index (χ0) is 7.61. The molecule has 0 bridgehead atoms. The molecule has 1 saturated carbocycles. The van der Waals surface area contributed by atoms with E-state index in [1.165, 1.54) is 0 Å². The number of carbonyl (C=O) groups excluding carboxylic acids is 1. The third-order valence-electron chi connectivity index (χ3n) is 2.00. The number of alkyl halides is 1. The van der Waals surface area contributed by atoms with Gasteiger partial charge in [0.1, 0.15) is 0 Å². The Balaban J connectivity index is 2.56. The van der Waals surface area contributed by atoms with Crippen molar-refractivity contribution in [2.24, 2.45) is 0 Å². The van der Waals surface area contributed by atoms with Crippen LogP contribution in [-0.4, -0.2) is 10.9 Å². The molecular formula is C7H10ClFO. The first kappa shape index (κ1) is 7.99. The van der Waals surface area contributed by atoms with Crippen LogP contribution in [0.2, 0.25) is 0 Å². The maximum atomic E-state index is 13.2. The molecule has 0 aromatic carbocycles. The summed E-state index contributed by atoms with van der Waals surface area (Å²) in [6, 6.07) is 0. The van der Waals surface area contributed by atoms with Gasteiger partial charge in [-0.2, -0.15) is 0 Å². The summed E-state index contributed by atoms with van der Waals surface area (Å²) in [5, 5.41) is -0.813. The molecule has 0 heterocycles. The summed E-state index contributed by atoms with van der Waals surface area (Å²) in [6.45, 7) is 0. The molecule has 0 atom stereocenters. The predicted molar refractivity (Wildman–Crippen MR) is 37.8 cm³/mol. The second kappa shape index (κ2) is 2.87. The Morgan fingerprint density at radius 1 is 1.30 bits per heavy atom. The molecule has 0 radical (unpaired) electrons. The van der Waals surface area contributed by atoms with E-state index in [-0.39, 0.29) is 0 Å². The van der Waals surface area contributed by atoms with Crippen LogP contribution in [-0.2, 0) is 4.79 Å². The minimum absolute atomic E-state index is 0.315. The fraction of sp³-hybridized carbons (Fsp3) is 0.857. The first-order valence-corrected chi connectivity index (χ1v) is 3.92. The molecule has 0 aromatic heterocycles. The number of hydrogen-bond acceptors (Lipinski definition) is 1. The van der Waals surface area contributed by atoms with E-state index in [2.05, 4.69) is 0 Å². The fourth-order valence-corrected chi connectivity index (χ4v) is 1.50. The Morgan fingerprint density at radius 2 is 1.80 bits per heavy atom. The van der Waals surface area contributed by atoms with Gasteiger partial charge in [-0.1, -0.05) is 6.42 Å². The summed E-state index contributed by atoms with van der Waals surface area (Å²) in [4.78, 5) is 10.5. The van der Waals surface area contributed by atoms with Crippen molar-refractivity contribution < 1.29 is 9.18 Å². The van der Waals surface area contributed by atoms with Crippen LogP contribution in [0.1, 0.15) is 32.1 Å². The van der Waals surface area contributed by atoms with E-state index < -0.39 is 10.9 Å². The fourth-order valence-electron chi connectivity index (χ4n) is 1.31. The number of carbonyl (C=O) groups is 1. The van der Waals surface area contributed by atoms with Gasteiger partial charge in [-0.25, -0.2) is 4.39 Å². The van der Waals surface area contributed by atoms with Gasteiger partial charge in [-0.15, -0.1) is 0 Å². The highest BCUT2D eigenvalue weighted by molar-refractivity contribution is 6.65. The molecule has 0 saturated heterocycles. The van der Waals surface area contributed by atoms with Crippen molar-refractivity contribution in [2.75, 3.05) is 0 Å². The van der Waals surface area contributed by atoms with Crippen LogP contribution < -0.4 is 0 Å². The Hall–Kier alpha value is -0.110. The minimum atomic E-state index is -1.69.